The number of amides is 2. The molecule has 0 atom stereocenters. The number of nitrogens with one attached hydrogen (secondary N) is 2. The lowest BCUT2D eigenvalue weighted by atomic mass is 10.1. The van der Waals surface area contributed by atoms with Gasteiger partial charge in [0.2, 0.25) is 15.9 Å². The van der Waals surface area contributed by atoms with E-state index in [1.165, 1.54) is 24.3 Å². The van der Waals surface area contributed by atoms with E-state index in [0.29, 0.717) is 5.56 Å². The monoisotopic (exact) mass is 361 g/mol. The molecule has 25 heavy (non-hydrogen) atoms. The van der Waals surface area contributed by atoms with Crippen LogP contribution < -0.4 is 15.8 Å². The summed E-state index contributed by atoms with van der Waals surface area (Å²) in [6.45, 7) is 1.50. The second-order valence-corrected chi connectivity index (χ2v) is 7.05. The lowest BCUT2D eigenvalue weighted by molar-refractivity contribution is -0.116. The number of aryl methyl sites for hydroxylation is 1. The predicted octanol–water partition coefficient (Wildman–Crippen LogP) is 1.26. The lowest BCUT2D eigenvalue weighted by Crippen LogP contribution is -2.33. The number of carbonyl (C=O) groups excluding carboxylic acids is 2. The van der Waals surface area contributed by atoms with Gasteiger partial charge in [0.1, 0.15) is 0 Å². The van der Waals surface area contributed by atoms with Crippen molar-refractivity contribution < 1.29 is 18.0 Å². The van der Waals surface area contributed by atoms with E-state index in [4.69, 9.17) is 5.73 Å². The molecule has 8 heteroatoms. The molecule has 0 saturated heterocycles. The maximum Gasteiger partial charge on any atom is 0.255 e. The highest BCUT2D eigenvalue weighted by Crippen LogP contribution is 2.17. The Morgan fingerprint density at radius 3 is 2.28 bits per heavy atom. The van der Waals surface area contributed by atoms with Gasteiger partial charge in [0.05, 0.1) is 11.4 Å². The Kier molecular flexibility index (Phi) is 5.89. The van der Waals surface area contributed by atoms with Crippen molar-refractivity contribution in [3.05, 3.63) is 59.7 Å². The molecular formula is C17H19N3O4S. The number of nitrogens with two attached hydrogens (primary N) is 1. The third kappa shape index (κ3) is 4.88. The molecule has 2 aromatic carbocycles. The Morgan fingerprint density at radius 1 is 1.04 bits per heavy atom. The Balaban J connectivity index is 2.14. The van der Waals surface area contributed by atoms with Gasteiger partial charge >= 0.3 is 0 Å². The van der Waals surface area contributed by atoms with Crippen LogP contribution in [0, 0.1) is 0 Å². The Hall–Kier alpha value is -2.71. The van der Waals surface area contributed by atoms with E-state index >= 15 is 0 Å². The van der Waals surface area contributed by atoms with E-state index in [1.807, 2.05) is 31.2 Å². The first kappa shape index (κ1) is 18.6. The largest absolute Gasteiger partial charge is 0.369 e. The fourth-order valence-corrected chi connectivity index (χ4v) is 3.17. The summed E-state index contributed by atoms with van der Waals surface area (Å²) in [7, 11) is -3.85. The highest BCUT2D eigenvalue weighted by Gasteiger charge is 2.16. The molecule has 0 radical (unpaired) electrons. The van der Waals surface area contributed by atoms with Gasteiger partial charge < -0.3 is 11.1 Å². The third-order valence-corrected chi connectivity index (χ3v) is 4.93. The van der Waals surface area contributed by atoms with Crippen molar-refractivity contribution in [2.24, 2.45) is 5.73 Å². The summed E-state index contributed by atoms with van der Waals surface area (Å²) in [4.78, 5) is 23.0. The topological polar surface area (TPSA) is 118 Å². The van der Waals surface area contributed by atoms with Crippen LogP contribution >= 0.6 is 0 Å². The average Bonchev–Trinajstić information content (AvgIpc) is 2.60. The summed E-state index contributed by atoms with van der Waals surface area (Å²) in [5.74, 6) is -1.12. The van der Waals surface area contributed by atoms with E-state index in [-0.39, 0.29) is 10.8 Å². The summed E-state index contributed by atoms with van der Waals surface area (Å²) < 4.78 is 26.0. The zero-order chi connectivity index (χ0) is 18.4. The predicted molar refractivity (Wildman–Crippen MR) is 94.6 cm³/mol. The Labute approximate surface area is 146 Å². The zero-order valence-corrected chi connectivity index (χ0v) is 14.5. The van der Waals surface area contributed by atoms with Crippen LogP contribution in [0.25, 0.3) is 0 Å². The van der Waals surface area contributed by atoms with Gasteiger partial charge in [-0.2, -0.15) is 0 Å². The van der Waals surface area contributed by atoms with Crippen LogP contribution in [0.4, 0.5) is 5.69 Å². The van der Waals surface area contributed by atoms with Crippen LogP contribution in [0.15, 0.2) is 53.4 Å². The summed E-state index contributed by atoms with van der Waals surface area (Å²) in [6, 6.07) is 12.9. The molecule has 0 aliphatic rings. The van der Waals surface area contributed by atoms with Crippen LogP contribution in [0.3, 0.4) is 0 Å². The molecule has 2 amide bonds. The van der Waals surface area contributed by atoms with Crippen LogP contribution in [0.5, 0.6) is 0 Å². The van der Waals surface area contributed by atoms with Crippen LogP contribution in [-0.4, -0.2) is 26.8 Å². The van der Waals surface area contributed by atoms with Crippen molar-refractivity contribution in [1.82, 2.24) is 4.72 Å². The van der Waals surface area contributed by atoms with Gasteiger partial charge in [0.25, 0.3) is 5.91 Å². The van der Waals surface area contributed by atoms with Crippen molar-refractivity contribution in [2.45, 2.75) is 18.2 Å². The maximum absolute atomic E-state index is 12.3. The van der Waals surface area contributed by atoms with E-state index in [2.05, 4.69) is 10.0 Å². The van der Waals surface area contributed by atoms with Crippen LogP contribution in [0.2, 0.25) is 0 Å². The molecule has 0 unspecified atom stereocenters. The highest BCUT2D eigenvalue weighted by molar-refractivity contribution is 7.89. The fraction of sp³-hybridized carbons (Fsp3) is 0.176. The molecule has 4 N–H and O–H groups in total. The molecular weight excluding hydrogens is 342 g/mol. The van der Waals surface area contributed by atoms with E-state index in [0.717, 1.165) is 17.7 Å². The number of para-hydroxylation sites is 1. The van der Waals surface area contributed by atoms with E-state index in [1.54, 1.807) is 0 Å². The van der Waals surface area contributed by atoms with Gasteiger partial charge in [-0.05, 0) is 42.3 Å². The Bertz CT molecular complexity index is 877. The maximum atomic E-state index is 12.3. The van der Waals surface area contributed by atoms with Gasteiger partial charge in [-0.1, -0.05) is 25.1 Å². The molecule has 0 aromatic heterocycles. The average molecular weight is 361 g/mol. The van der Waals surface area contributed by atoms with Crippen molar-refractivity contribution in [3.63, 3.8) is 0 Å². The second kappa shape index (κ2) is 7.91. The summed E-state index contributed by atoms with van der Waals surface area (Å²) in [5, 5.41) is 2.81. The highest BCUT2D eigenvalue weighted by atomic mass is 32.2. The Morgan fingerprint density at radius 2 is 1.68 bits per heavy atom. The summed E-state index contributed by atoms with van der Waals surface area (Å²) >= 11 is 0. The molecule has 0 spiro atoms. The zero-order valence-electron chi connectivity index (χ0n) is 13.7. The van der Waals surface area contributed by atoms with Gasteiger partial charge in [0, 0.05) is 11.3 Å². The minimum Gasteiger partial charge on any atom is -0.369 e. The van der Waals surface area contributed by atoms with E-state index in [9.17, 15) is 18.0 Å². The number of rotatable bonds is 7. The normalized spacial score (nSPS) is 11.1. The quantitative estimate of drug-likeness (QED) is 0.688. The molecule has 2 rings (SSSR count). The lowest BCUT2D eigenvalue weighted by Gasteiger charge is -2.10. The number of hydrogen-bond acceptors (Lipinski definition) is 4. The summed E-state index contributed by atoms with van der Waals surface area (Å²) in [6.07, 6.45) is 0.777. The number of sulfonamides is 1. The van der Waals surface area contributed by atoms with Crippen LogP contribution in [0.1, 0.15) is 22.8 Å². The first-order valence-corrected chi connectivity index (χ1v) is 9.09. The first-order chi connectivity index (χ1) is 11.8. The van der Waals surface area contributed by atoms with Crippen LogP contribution in [-0.2, 0) is 21.2 Å². The fourth-order valence-electron chi connectivity index (χ4n) is 2.18. The molecule has 132 valence electrons. The minimum atomic E-state index is -3.85. The SMILES string of the molecule is CCc1ccccc1NC(=O)c1ccc(S(=O)(=O)NCC(N)=O)cc1. The number of carbonyl (C=O) groups is 2. The molecule has 7 nitrogen and oxygen atoms in total. The number of benzene rings is 2. The second-order valence-electron chi connectivity index (χ2n) is 5.28. The van der Waals surface area contributed by atoms with Crippen molar-refractivity contribution in [3.8, 4) is 0 Å². The van der Waals surface area contributed by atoms with Crippen molar-refractivity contribution >= 4 is 27.5 Å². The number of hydrogen-bond donors (Lipinski definition) is 3. The standard InChI is InChI=1S/C17H19N3O4S/c1-2-12-5-3-4-6-15(12)20-17(22)13-7-9-14(10-8-13)25(23,24)19-11-16(18)21/h3-10,19H,2,11H2,1H3,(H2,18,21)(H,20,22). The molecule has 0 aliphatic carbocycles. The number of anilines is 1. The molecule has 0 heterocycles. The minimum absolute atomic E-state index is 0.0562. The van der Waals surface area contributed by atoms with Gasteiger partial charge in [-0.25, -0.2) is 13.1 Å². The third-order valence-electron chi connectivity index (χ3n) is 3.51. The molecule has 0 aliphatic heterocycles. The first-order valence-electron chi connectivity index (χ1n) is 7.60. The van der Waals surface area contributed by atoms with Gasteiger partial charge in [-0.3, -0.25) is 9.59 Å². The smallest absolute Gasteiger partial charge is 0.255 e. The molecule has 0 bridgehead atoms. The summed E-state index contributed by atoms with van der Waals surface area (Å²) in [5.41, 5.74) is 6.96. The molecule has 0 fully saturated rings. The van der Waals surface area contributed by atoms with Gasteiger partial charge in [0.15, 0.2) is 0 Å². The molecule has 0 saturated carbocycles. The van der Waals surface area contributed by atoms with Crippen molar-refractivity contribution in [2.75, 3.05) is 11.9 Å². The van der Waals surface area contributed by atoms with E-state index < -0.39 is 22.5 Å². The van der Waals surface area contributed by atoms with Gasteiger partial charge in [-0.15, -0.1) is 0 Å². The van der Waals surface area contributed by atoms with Crippen molar-refractivity contribution in [1.29, 1.82) is 0 Å². The number of primary amides is 1. The molecule has 2 aromatic rings.